The summed E-state index contributed by atoms with van der Waals surface area (Å²) in [6, 6.07) is 0. The van der Waals surface area contributed by atoms with Crippen LogP contribution in [0, 0.1) is 6.92 Å². The summed E-state index contributed by atoms with van der Waals surface area (Å²) in [6.07, 6.45) is 0. The highest BCUT2D eigenvalue weighted by Gasteiger charge is 2.39. The number of nitrogens with one attached hydrogen (secondary N) is 1. The van der Waals surface area contributed by atoms with Gasteiger partial charge in [-0.2, -0.15) is 0 Å². The van der Waals surface area contributed by atoms with Crippen LogP contribution < -0.4 is 10.2 Å². The van der Waals surface area contributed by atoms with Crippen molar-refractivity contribution in [1.82, 2.24) is 15.3 Å². The first-order valence-corrected chi connectivity index (χ1v) is 7.23. The van der Waals surface area contributed by atoms with E-state index in [-0.39, 0.29) is 11.8 Å². The van der Waals surface area contributed by atoms with Gasteiger partial charge in [-0.15, -0.1) is 0 Å². The molecule has 110 valence electrons. The highest BCUT2D eigenvalue weighted by molar-refractivity contribution is 6.30. The van der Waals surface area contributed by atoms with Crippen LogP contribution in [0.5, 0.6) is 0 Å². The van der Waals surface area contributed by atoms with Crippen molar-refractivity contribution in [1.29, 1.82) is 0 Å². The van der Waals surface area contributed by atoms with Crippen LogP contribution in [0.4, 0.5) is 5.82 Å². The van der Waals surface area contributed by atoms with Crippen molar-refractivity contribution in [2.45, 2.75) is 46.1 Å². The Labute approximate surface area is 124 Å². The van der Waals surface area contributed by atoms with E-state index >= 15 is 0 Å². The van der Waals surface area contributed by atoms with Crippen molar-refractivity contribution >= 4 is 23.3 Å². The average molecular weight is 297 g/mol. The lowest BCUT2D eigenvalue weighted by Gasteiger charge is -2.42. The van der Waals surface area contributed by atoms with Gasteiger partial charge in [0.25, 0.3) is 0 Å². The van der Waals surface area contributed by atoms with Crippen LogP contribution in [0.2, 0.25) is 5.15 Å². The van der Waals surface area contributed by atoms with E-state index in [2.05, 4.69) is 15.3 Å². The maximum Gasteiger partial charge on any atom is 0.245 e. The largest absolute Gasteiger partial charge is 0.352 e. The van der Waals surface area contributed by atoms with Crippen LogP contribution in [-0.2, 0) is 4.79 Å². The number of aromatic nitrogens is 2. The molecule has 0 spiro atoms. The summed E-state index contributed by atoms with van der Waals surface area (Å²) < 4.78 is 0. The molecule has 6 heteroatoms. The monoisotopic (exact) mass is 296 g/mol. The number of carbonyl (C=O) groups excluding carboxylic acids is 1. The molecule has 1 saturated heterocycles. The van der Waals surface area contributed by atoms with Crippen LogP contribution in [0.15, 0.2) is 0 Å². The van der Waals surface area contributed by atoms with Crippen molar-refractivity contribution in [3.05, 3.63) is 16.5 Å². The fourth-order valence-electron chi connectivity index (χ4n) is 2.29. The number of hydrogen-bond donors (Lipinski definition) is 1. The number of nitrogens with zero attached hydrogens (tertiary/aromatic N) is 3. The molecule has 0 atom stereocenters. The van der Waals surface area contributed by atoms with Gasteiger partial charge in [0.15, 0.2) is 0 Å². The Morgan fingerprint density at radius 3 is 2.60 bits per heavy atom. The number of carbonyl (C=O) groups is 1. The first kappa shape index (κ1) is 15.0. The van der Waals surface area contributed by atoms with Crippen LogP contribution in [0.1, 0.15) is 45.0 Å². The van der Waals surface area contributed by atoms with Gasteiger partial charge >= 0.3 is 0 Å². The SMILES string of the molecule is Cc1c(Cl)nc(C(C)C)nc1N1CCNC(=O)C1(C)C. The first-order chi connectivity index (χ1) is 9.25. The molecule has 0 radical (unpaired) electrons. The third kappa shape index (κ3) is 2.46. The standard InChI is InChI=1S/C14H21ClN4O/c1-8(2)11-17-10(15)9(3)12(18-11)19-7-6-16-13(20)14(19,4)5/h8H,6-7H2,1-5H3,(H,16,20). The Kier molecular flexibility index (Phi) is 3.91. The summed E-state index contributed by atoms with van der Waals surface area (Å²) in [5, 5.41) is 3.35. The molecule has 5 nitrogen and oxygen atoms in total. The summed E-state index contributed by atoms with van der Waals surface area (Å²) in [5.41, 5.74) is 0.174. The number of rotatable bonds is 2. The van der Waals surface area contributed by atoms with E-state index in [1.54, 1.807) is 0 Å². The van der Waals surface area contributed by atoms with Gasteiger partial charge in [-0.05, 0) is 20.8 Å². The quantitative estimate of drug-likeness (QED) is 0.851. The Bertz CT molecular complexity index is 542. The predicted molar refractivity (Wildman–Crippen MR) is 80.3 cm³/mol. The van der Waals surface area contributed by atoms with Crippen molar-refractivity contribution in [2.24, 2.45) is 0 Å². The number of piperazine rings is 1. The molecule has 1 aliphatic heterocycles. The maximum absolute atomic E-state index is 12.1. The van der Waals surface area contributed by atoms with E-state index in [1.807, 2.05) is 39.5 Å². The van der Waals surface area contributed by atoms with E-state index in [4.69, 9.17) is 11.6 Å². The molecule has 0 saturated carbocycles. The average Bonchev–Trinajstić information content (AvgIpc) is 2.36. The van der Waals surface area contributed by atoms with Crippen LogP contribution in [0.25, 0.3) is 0 Å². The molecule has 1 N–H and O–H groups in total. The fourth-order valence-corrected chi connectivity index (χ4v) is 2.46. The number of anilines is 1. The Morgan fingerprint density at radius 1 is 1.35 bits per heavy atom. The molecule has 1 aliphatic rings. The maximum atomic E-state index is 12.1. The number of amides is 1. The minimum atomic E-state index is -0.644. The van der Waals surface area contributed by atoms with Crippen LogP contribution >= 0.6 is 11.6 Å². The minimum absolute atomic E-state index is 0.00369. The molecule has 20 heavy (non-hydrogen) atoms. The second-order valence-electron chi connectivity index (χ2n) is 5.94. The highest BCUT2D eigenvalue weighted by atomic mass is 35.5. The van der Waals surface area contributed by atoms with E-state index in [1.165, 1.54) is 0 Å². The van der Waals surface area contributed by atoms with Crippen molar-refractivity contribution in [2.75, 3.05) is 18.0 Å². The topological polar surface area (TPSA) is 58.1 Å². The van der Waals surface area contributed by atoms with Gasteiger partial charge in [-0.1, -0.05) is 25.4 Å². The zero-order valence-corrected chi connectivity index (χ0v) is 13.4. The molecule has 1 aromatic heterocycles. The molecule has 2 heterocycles. The molecule has 0 aliphatic carbocycles. The van der Waals surface area contributed by atoms with E-state index in [0.717, 1.165) is 11.4 Å². The third-order valence-electron chi connectivity index (χ3n) is 3.70. The zero-order chi connectivity index (χ0) is 15.1. The Morgan fingerprint density at radius 2 is 2.00 bits per heavy atom. The highest BCUT2D eigenvalue weighted by Crippen LogP contribution is 2.31. The summed E-state index contributed by atoms with van der Waals surface area (Å²) in [7, 11) is 0. The predicted octanol–water partition coefficient (Wildman–Crippen LogP) is 2.28. The molecule has 0 unspecified atom stereocenters. The lowest BCUT2D eigenvalue weighted by molar-refractivity contribution is -0.126. The van der Waals surface area contributed by atoms with Crippen LogP contribution in [0.3, 0.4) is 0 Å². The van der Waals surface area contributed by atoms with Gasteiger partial charge in [-0.3, -0.25) is 4.79 Å². The van der Waals surface area contributed by atoms with Gasteiger partial charge in [-0.25, -0.2) is 9.97 Å². The number of hydrogen-bond acceptors (Lipinski definition) is 4. The molecular formula is C14H21ClN4O. The van der Waals surface area contributed by atoms with Crippen LogP contribution in [-0.4, -0.2) is 34.5 Å². The summed E-state index contributed by atoms with van der Waals surface area (Å²) >= 11 is 6.23. The van der Waals surface area contributed by atoms with Gasteiger partial charge < -0.3 is 10.2 Å². The molecular weight excluding hydrogens is 276 g/mol. The van der Waals surface area contributed by atoms with E-state index in [0.29, 0.717) is 24.1 Å². The summed E-state index contributed by atoms with van der Waals surface area (Å²) in [5.74, 6) is 1.66. The van der Waals surface area contributed by atoms with Crippen molar-refractivity contribution < 1.29 is 4.79 Å². The molecule has 1 aromatic rings. The smallest absolute Gasteiger partial charge is 0.245 e. The van der Waals surface area contributed by atoms with Gasteiger partial charge in [0.1, 0.15) is 22.3 Å². The molecule has 0 bridgehead atoms. The summed E-state index contributed by atoms with van der Waals surface area (Å²) in [6.45, 7) is 11.1. The molecule has 0 aromatic carbocycles. The van der Waals surface area contributed by atoms with Crippen molar-refractivity contribution in [3.8, 4) is 0 Å². The minimum Gasteiger partial charge on any atom is -0.352 e. The molecule has 1 fully saturated rings. The second kappa shape index (κ2) is 5.20. The fraction of sp³-hybridized carbons (Fsp3) is 0.643. The lowest BCUT2D eigenvalue weighted by Crippen LogP contribution is -2.62. The summed E-state index contributed by atoms with van der Waals surface area (Å²) in [4.78, 5) is 23.1. The Balaban J connectivity index is 2.53. The number of halogens is 1. The lowest BCUT2D eigenvalue weighted by atomic mass is 9.98. The second-order valence-corrected chi connectivity index (χ2v) is 6.30. The molecule has 1 amide bonds. The van der Waals surface area contributed by atoms with Crippen molar-refractivity contribution in [3.63, 3.8) is 0 Å². The molecule has 2 rings (SSSR count). The first-order valence-electron chi connectivity index (χ1n) is 6.85. The van der Waals surface area contributed by atoms with E-state index in [9.17, 15) is 4.79 Å². The van der Waals surface area contributed by atoms with Gasteiger partial charge in [0.05, 0.1) is 0 Å². The van der Waals surface area contributed by atoms with E-state index < -0.39 is 5.54 Å². The van der Waals surface area contributed by atoms with Gasteiger partial charge in [0.2, 0.25) is 5.91 Å². The zero-order valence-electron chi connectivity index (χ0n) is 12.6. The third-order valence-corrected chi connectivity index (χ3v) is 4.07. The normalized spacial score (nSPS) is 18.4. The van der Waals surface area contributed by atoms with Gasteiger partial charge in [0, 0.05) is 24.6 Å². The Hall–Kier alpha value is -1.36.